The van der Waals surface area contributed by atoms with Crippen LogP contribution in [0.15, 0.2) is 79.0 Å². The maximum absolute atomic E-state index is 13.2. The molecule has 1 amide bonds. The van der Waals surface area contributed by atoms with Crippen molar-refractivity contribution >= 4 is 23.3 Å². The summed E-state index contributed by atoms with van der Waals surface area (Å²) in [4.78, 5) is 12.5. The third-order valence-corrected chi connectivity index (χ3v) is 5.02. The minimum atomic E-state index is -0.403. The van der Waals surface area contributed by atoms with Crippen LogP contribution < -0.4 is 10.1 Å². The lowest BCUT2D eigenvalue weighted by Crippen LogP contribution is -2.13. The van der Waals surface area contributed by atoms with Crippen LogP contribution >= 0.6 is 11.6 Å². The Labute approximate surface area is 188 Å². The van der Waals surface area contributed by atoms with Gasteiger partial charge >= 0.3 is 0 Å². The van der Waals surface area contributed by atoms with Crippen molar-refractivity contribution in [3.05, 3.63) is 112 Å². The van der Waals surface area contributed by atoms with E-state index in [9.17, 15) is 13.6 Å². The molecule has 0 radical (unpaired) electrons. The molecule has 32 heavy (non-hydrogen) atoms. The van der Waals surface area contributed by atoms with Crippen molar-refractivity contribution in [2.24, 2.45) is 0 Å². The molecule has 5 nitrogen and oxygen atoms in total. The van der Waals surface area contributed by atoms with Crippen LogP contribution in [0.4, 0.5) is 14.6 Å². The van der Waals surface area contributed by atoms with Gasteiger partial charge in [-0.25, -0.2) is 8.78 Å². The van der Waals surface area contributed by atoms with Crippen LogP contribution in [0.1, 0.15) is 21.5 Å². The van der Waals surface area contributed by atoms with Gasteiger partial charge in [-0.15, -0.1) is 0 Å². The van der Waals surface area contributed by atoms with E-state index < -0.39 is 5.82 Å². The molecule has 3 aromatic carbocycles. The summed E-state index contributed by atoms with van der Waals surface area (Å²) in [6, 6.07) is 18.6. The Balaban J connectivity index is 1.33. The maximum Gasteiger partial charge on any atom is 0.256 e. The summed E-state index contributed by atoms with van der Waals surface area (Å²) in [6.07, 6.45) is 1.70. The number of rotatable bonds is 7. The molecule has 162 valence electrons. The van der Waals surface area contributed by atoms with Gasteiger partial charge in [-0.1, -0.05) is 29.8 Å². The quantitative estimate of drug-likeness (QED) is 0.391. The van der Waals surface area contributed by atoms with Crippen molar-refractivity contribution in [1.82, 2.24) is 9.78 Å². The molecule has 1 N–H and O–H groups in total. The van der Waals surface area contributed by atoms with Crippen LogP contribution in [0, 0.1) is 11.6 Å². The van der Waals surface area contributed by atoms with Crippen LogP contribution in [-0.2, 0) is 13.2 Å². The molecule has 4 aromatic rings. The molecule has 0 aliphatic carbocycles. The second-order valence-electron chi connectivity index (χ2n) is 7.03. The number of nitrogens with one attached hydrogen (secondary N) is 1. The molecule has 1 heterocycles. The van der Waals surface area contributed by atoms with E-state index in [4.69, 9.17) is 16.3 Å². The van der Waals surface area contributed by atoms with Crippen molar-refractivity contribution in [3.8, 4) is 5.75 Å². The Bertz CT molecular complexity index is 1220. The topological polar surface area (TPSA) is 56.2 Å². The standard InChI is InChI=1S/C24H18ClF2N3O2/c25-22-13-20(27)6-5-18(22)14-30-12-11-23(29-30)28-24(31)17-3-1-16(2-4-17)15-32-21-9-7-19(26)8-10-21/h1-13H,14-15H2,(H,28,29,31). The summed E-state index contributed by atoms with van der Waals surface area (Å²) in [5.74, 6) is -0.0826. The predicted molar refractivity (Wildman–Crippen MR) is 118 cm³/mol. The average Bonchev–Trinajstić information content (AvgIpc) is 3.22. The molecule has 8 heteroatoms. The predicted octanol–water partition coefficient (Wildman–Crippen LogP) is 5.69. The zero-order valence-electron chi connectivity index (χ0n) is 16.8. The van der Waals surface area contributed by atoms with Crippen LogP contribution in [0.5, 0.6) is 5.75 Å². The molecule has 0 aliphatic heterocycles. The number of amides is 1. The monoisotopic (exact) mass is 453 g/mol. The van der Waals surface area contributed by atoms with E-state index in [1.165, 1.54) is 24.3 Å². The second kappa shape index (κ2) is 9.62. The molecule has 0 spiro atoms. The van der Waals surface area contributed by atoms with Gasteiger partial charge in [-0.3, -0.25) is 9.48 Å². The van der Waals surface area contributed by atoms with Crippen LogP contribution in [0.25, 0.3) is 0 Å². The van der Waals surface area contributed by atoms with Gasteiger partial charge in [0, 0.05) is 22.8 Å². The van der Waals surface area contributed by atoms with Crippen LogP contribution in [-0.4, -0.2) is 15.7 Å². The summed E-state index contributed by atoms with van der Waals surface area (Å²) in [5.41, 5.74) is 2.05. The number of hydrogen-bond donors (Lipinski definition) is 1. The Kier molecular flexibility index (Phi) is 6.47. The fourth-order valence-electron chi connectivity index (χ4n) is 2.98. The highest BCUT2D eigenvalue weighted by Gasteiger charge is 2.10. The van der Waals surface area contributed by atoms with Crippen molar-refractivity contribution in [2.75, 3.05) is 5.32 Å². The number of aromatic nitrogens is 2. The van der Waals surface area contributed by atoms with Gasteiger partial charge in [0.1, 0.15) is 24.0 Å². The Morgan fingerprint density at radius 2 is 1.69 bits per heavy atom. The highest BCUT2D eigenvalue weighted by molar-refractivity contribution is 6.31. The smallest absolute Gasteiger partial charge is 0.256 e. The highest BCUT2D eigenvalue weighted by Crippen LogP contribution is 2.19. The maximum atomic E-state index is 13.2. The number of carbonyl (C=O) groups excluding carboxylic acids is 1. The first kappa shape index (κ1) is 21.5. The van der Waals surface area contributed by atoms with E-state index in [-0.39, 0.29) is 11.7 Å². The van der Waals surface area contributed by atoms with Crippen molar-refractivity contribution in [1.29, 1.82) is 0 Å². The van der Waals surface area contributed by atoms with Gasteiger partial charge in [-0.05, 0) is 59.7 Å². The molecule has 1 aromatic heterocycles. The Morgan fingerprint density at radius 1 is 0.969 bits per heavy atom. The number of benzene rings is 3. The normalized spacial score (nSPS) is 10.7. The van der Waals surface area contributed by atoms with Gasteiger partial charge < -0.3 is 10.1 Å². The zero-order chi connectivity index (χ0) is 22.5. The van der Waals surface area contributed by atoms with Crippen molar-refractivity contribution in [2.45, 2.75) is 13.2 Å². The van der Waals surface area contributed by atoms with E-state index in [0.717, 1.165) is 5.56 Å². The molecule has 0 bridgehead atoms. The first-order valence-corrected chi connectivity index (χ1v) is 10.1. The average molecular weight is 454 g/mol. The molecule has 0 saturated heterocycles. The third kappa shape index (κ3) is 5.50. The third-order valence-electron chi connectivity index (χ3n) is 4.66. The van der Waals surface area contributed by atoms with Gasteiger partial charge in [0.2, 0.25) is 0 Å². The lowest BCUT2D eigenvalue weighted by molar-refractivity contribution is 0.102. The first-order chi connectivity index (χ1) is 15.5. The van der Waals surface area contributed by atoms with Gasteiger partial charge in [0.25, 0.3) is 5.91 Å². The van der Waals surface area contributed by atoms with Crippen molar-refractivity contribution in [3.63, 3.8) is 0 Å². The molecule has 4 rings (SSSR count). The Morgan fingerprint density at radius 3 is 2.41 bits per heavy atom. The molecule has 0 saturated carbocycles. The minimum Gasteiger partial charge on any atom is -0.489 e. The highest BCUT2D eigenvalue weighted by atomic mass is 35.5. The molecule has 0 fully saturated rings. The fourth-order valence-corrected chi connectivity index (χ4v) is 3.21. The van der Waals surface area contributed by atoms with Crippen LogP contribution in [0.3, 0.4) is 0 Å². The molecule has 0 aliphatic rings. The summed E-state index contributed by atoms with van der Waals surface area (Å²) in [5, 5.41) is 7.36. The summed E-state index contributed by atoms with van der Waals surface area (Å²) >= 11 is 6.05. The number of carbonyl (C=O) groups is 1. The number of nitrogens with zero attached hydrogens (tertiary/aromatic N) is 2. The molecule has 0 unspecified atom stereocenters. The van der Waals surface area contributed by atoms with E-state index in [0.29, 0.717) is 40.9 Å². The van der Waals surface area contributed by atoms with Gasteiger partial charge in [-0.2, -0.15) is 5.10 Å². The number of ether oxygens (including phenoxy) is 1. The number of hydrogen-bond acceptors (Lipinski definition) is 3. The van der Waals surface area contributed by atoms with Gasteiger partial charge in [0.05, 0.1) is 6.54 Å². The molecular formula is C24H18ClF2N3O2. The summed E-state index contributed by atoms with van der Waals surface area (Å²) < 4.78 is 33.3. The van der Waals surface area contributed by atoms with Gasteiger partial charge in [0.15, 0.2) is 5.82 Å². The second-order valence-corrected chi connectivity index (χ2v) is 7.44. The fraction of sp³-hybridized carbons (Fsp3) is 0.0833. The summed E-state index contributed by atoms with van der Waals surface area (Å²) in [7, 11) is 0. The largest absolute Gasteiger partial charge is 0.489 e. The molecular weight excluding hydrogens is 436 g/mol. The Hall–Kier alpha value is -3.71. The minimum absolute atomic E-state index is 0.296. The first-order valence-electron chi connectivity index (χ1n) is 9.72. The lowest BCUT2D eigenvalue weighted by atomic mass is 10.1. The van der Waals surface area contributed by atoms with E-state index >= 15 is 0 Å². The zero-order valence-corrected chi connectivity index (χ0v) is 17.5. The lowest BCUT2D eigenvalue weighted by Gasteiger charge is -2.07. The van der Waals surface area contributed by atoms with E-state index in [1.807, 2.05) is 0 Å². The SMILES string of the molecule is O=C(Nc1ccn(Cc2ccc(F)cc2Cl)n1)c1ccc(COc2ccc(F)cc2)cc1. The number of anilines is 1. The van der Waals surface area contributed by atoms with Crippen LogP contribution in [0.2, 0.25) is 5.02 Å². The summed E-state index contributed by atoms with van der Waals surface area (Å²) in [6.45, 7) is 0.640. The molecule has 0 atom stereocenters. The van der Waals surface area contributed by atoms with E-state index in [2.05, 4.69) is 10.4 Å². The van der Waals surface area contributed by atoms with Crippen molar-refractivity contribution < 1.29 is 18.3 Å². The van der Waals surface area contributed by atoms with E-state index in [1.54, 1.807) is 59.4 Å². The number of halogens is 3.